The van der Waals surface area contributed by atoms with Crippen molar-refractivity contribution in [3.05, 3.63) is 36.5 Å². The van der Waals surface area contributed by atoms with Crippen LogP contribution in [0.5, 0.6) is 5.75 Å². The molecule has 2 N–H and O–H groups in total. The highest BCUT2D eigenvalue weighted by atomic mass is 16.7. The van der Waals surface area contributed by atoms with E-state index in [9.17, 15) is 4.79 Å². The largest absolute Gasteiger partial charge is 0.483 e. The number of carbonyl (C=O) groups is 1. The third-order valence-corrected chi connectivity index (χ3v) is 2.50. The van der Waals surface area contributed by atoms with Crippen LogP contribution in [0.25, 0.3) is 10.9 Å². The zero-order chi connectivity index (χ0) is 15.1. The summed E-state index contributed by atoms with van der Waals surface area (Å²) in [6, 6.07) is 9.33. The molecule has 0 saturated heterocycles. The summed E-state index contributed by atoms with van der Waals surface area (Å²) in [5.41, 5.74) is 6.32. The van der Waals surface area contributed by atoms with Crippen molar-refractivity contribution in [2.75, 3.05) is 20.3 Å². The van der Waals surface area contributed by atoms with Crippen LogP contribution in [0.2, 0.25) is 0 Å². The second-order valence-corrected chi connectivity index (χ2v) is 4.10. The van der Waals surface area contributed by atoms with Crippen LogP contribution in [0.4, 0.5) is 0 Å². The molecule has 0 atom stereocenters. The summed E-state index contributed by atoms with van der Waals surface area (Å²) in [5.74, 6) is -0.0193. The van der Waals surface area contributed by atoms with E-state index in [1.54, 1.807) is 12.3 Å². The van der Waals surface area contributed by atoms with Gasteiger partial charge in [0.25, 0.3) is 0 Å². The highest BCUT2D eigenvalue weighted by Crippen LogP contribution is 2.22. The van der Waals surface area contributed by atoms with E-state index in [-0.39, 0.29) is 19.0 Å². The first-order valence-corrected chi connectivity index (χ1v) is 6.18. The normalized spacial score (nSPS) is 11.4. The van der Waals surface area contributed by atoms with E-state index in [0.29, 0.717) is 5.75 Å². The van der Waals surface area contributed by atoms with Gasteiger partial charge < -0.3 is 20.0 Å². The summed E-state index contributed by atoms with van der Waals surface area (Å²) >= 11 is 0. The Hall–Kier alpha value is -2.67. The van der Waals surface area contributed by atoms with Gasteiger partial charge in [-0.3, -0.25) is 4.98 Å². The fraction of sp³-hybridized carbons (Fsp3) is 0.214. The molecule has 0 aliphatic heterocycles. The minimum absolute atomic E-state index is 0.0179. The zero-order valence-corrected chi connectivity index (χ0v) is 11.5. The van der Waals surface area contributed by atoms with E-state index in [2.05, 4.69) is 19.7 Å². The molecule has 0 aliphatic rings. The van der Waals surface area contributed by atoms with Crippen molar-refractivity contribution in [1.29, 1.82) is 0 Å². The molecule has 0 bridgehead atoms. The number of benzene rings is 1. The summed E-state index contributed by atoms with van der Waals surface area (Å²) in [4.78, 5) is 19.8. The second kappa shape index (κ2) is 7.20. The van der Waals surface area contributed by atoms with Crippen LogP contribution in [0, 0.1) is 0 Å². The molecule has 0 aliphatic carbocycles. The third-order valence-electron chi connectivity index (χ3n) is 2.50. The maximum atomic E-state index is 11.0. The Balaban J connectivity index is 1.98. The van der Waals surface area contributed by atoms with Crippen LogP contribution in [-0.2, 0) is 14.4 Å². The lowest BCUT2D eigenvalue weighted by Gasteiger charge is -2.07. The molecule has 110 valence electrons. The topological polar surface area (TPSA) is 96.0 Å². The van der Waals surface area contributed by atoms with Crippen molar-refractivity contribution in [1.82, 2.24) is 4.98 Å². The number of nitrogens with zero attached hydrogens (tertiary/aromatic N) is 2. The number of carbonyl (C=O) groups excluding carboxylic acids is 1. The fourth-order valence-electron chi connectivity index (χ4n) is 1.62. The molecule has 1 heterocycles. The maximum absolute atomic E-state index is 11.0. The van der Waals surface area contributed by atoms with Gasteiger partial charge in [-0.1, -0.05) is 23.4 Å². The molecule has 2 rings (SSSR count). The van der Waals surface area contributed by atoms with E-state index in [1.165, 1.54) is 7.11 Å². The predicted molar refractivity (Wildman–Crippen MR) is 76.8 cm³/mol. The number of oxime groups is 1. The molecule has 0 unspecified atom stereocenters. The van der Waals surface area contributed by atoms with Gasteiger partial charge in [-0.2, -0.15) is 0 Å². The first kappa shape index (κ1) is 14.7. The Morgan fingerprint density at radius 1 is 1.29 bits per heavy atom. The van der Waals surface area contributed by atoms with Gasteiger partial charge in [0, 0.05) is 18.7 Å². The molecule has 21 heavy (non-hydrogen) atoms. The van der Waals surface area contributed by atoms with Crippen LogP contribution in [-0.4, -0.2) is 37.1 Å². The van der Waals surface area contributed by atoms with Gasteiger partial charge in [0.2, 0.25) is 0 Å². The van der Waals surface area contributed by atoms with Gasteiger partial charge in [-0.05, 0) is 12.1 Å². The molecule has 7 nitrogen and oxygen atoms in total. The van der Waals surface area contributed by atoms with Crippen molar-refractivity contribution in [2.45, 2.75) is 0 Å². The van der Waals surface area contributed by atoms with E-state index in [4.69, 9.17) is 10.5 Å². The van der Waals surface area contributed by atoms with Gasteiger partial charge in [0.05, 0.1) is 0 Å². The van der Waals surface area contributed by atoms with E-state index in [1.807, 2.05) is 24.3 Å². The van der Waals surface area contributed by atoms with Crippen molar-refractivity contribution >= 4 is 22.7 Å². The van der Waals surface area contributed by atoms with E-state index in [0.717, 1.165) is 10.9 Å². The molecular formula is C14H15N3O4. The zero-order valence-electron chi connectivity index (χ0n) is 11.5. The number of aromatic nitrogens is 1. The molecule has 1 aromatic carbocycles. The number of hydrogen-bond donors (Lipinski definition) is 1. The van der Waals surface area contributed by atoms with Crippen molar-refractivity contribution < 1.29 is 19.1 Å². The predicted octanol–water partition coefficient (Wildman–Crippen LogP) is 1.08. The Morgan fingerprint density at radius 3 is 2.90 bits per heavy atom. The summed E-state index contributed by atoms with van der Waals surface area (Å²) in [6.07, 6.45) is 1.68. The molecule has 0 radical (unpaired) electrons. The summed E-state index contributed by atoms with van der Waals surface area (Å²) in [7, 11) is 1.38. The van der Waals surface area contributed by atoms with Crippen LogP contribution in [0.1, 0.15) is 0 Å². The monoisotopic (exact) mass is 289 g/mol. The number of hydrogen-bond acceptors (Lipinski definition) is 6. The molecule has 0 spiro atoms. The number of pyridine rings is 1. The highest BCUT2D eigenvalue weighted by Gasteiger charge is 2.05. The minimum Gasteiger partial charge on any atom is -0.483 e. The third kappa shape index (κ3) is 4.15. The average molecular weight is 289 g/mol. The number of rotatable bonds is 6. The molecule has 7 heteroatoms. The Labute approximate surface area is 121 Å². The van der Waals surface area contributed by atoms with E-state index < -0.39 is 5.97 Å². The number of fused-ring (bicyclic) bond motifs is 1. The number of amidine groups is 1. The van der Waals surface area contributed by atoms with Gasteiger partial charge in [-0.15, -0.1) is 0 Å². The minimum atomic E-state index is -0.632. The number of nitrogens with two attached hydrogens (primary N) is 1. The Morgan fingerprint density at radius 2 is 2.10 bits per heavy atom. The van der Waals surface area contributed by atoms with Gasteiger partial charge in [0.15, 0.2) is 5.84 Å². The molecule has 0 saturated carbocycles. The van der Waals surface area contributed by atoms with Gasteiger partial charge in [0.1, 0.15) is 24.5 Å². The van der Waals surface area contributed by atoms with Crippen LogP contribution in [0.15, 0.2) is 41.7 Å². The van der Waals surface area contributed by atoms with Crippen molar-refractivity contribution in [2.24, 2.45) is 10.9 Å². The Bertz CT molecular complexity index is 652. The quantitative estimate of drug-likeness (QED) is 0.370. The van der Waals surface area contributed by atoms with Gasteiger partial charge >= 0.3 is 5.97 Å². The molecule has 2 aromatic rings. The molecule has 0 amide bonds. The fourth-order valence-corrected chi connectivity index (χ4v) is 1.62. The maximum Gasteiger partial charge on any atom is 0.360 e. The van der Waals surface area contributed by atoms with Crippen LogP contribution in [0.3, 0.4) is 0 Å². The number of methoxy groups -OCH3 is 1. The van der Waals surface area contributed by atoms with Crippen molar-refractivity contribution in [3.8, 4) is 5.75 Å². The lowest BCUT2D eigenvalue weighted by molar-refractivity contribution is -0.147. The first-order chi connectivity index (χ1) is 10.2. The summed E-state index contributed by atoms with van der Waals surface area (Å²) in [5, 5.41) is 4.41. The summed E-state index contributed by atoms with van der Waals surface area (Å²) in [6.45, 7) is -0.208. The second-order valence-electron chi connectivity index (χ2n) is 4.10. The van der Waals surface area contributed by atoms with Crippen molar-refractivity contribution in [3.63, 3.8) is 0 Å². The molecule has 0 fully saturated rings. The number of para-hydroxylation sites is 1. The number of ether oxygens (including phenoxy) is 2. The Kier molecular flexibility index (Phi) is 5.05. The average Bonchev–Trinajstić information content (AvgIpc) is 2.51. The lowest BCUT2D eigenvalue weighted by atomic mass is 10.2. The smallest absolute Gasteiger partial charge is 0.360 e. The van der Waals surface area contributed by atoms with Crippen LogP contribution >= 0.6 is 0 Å². The van der Waals surface area contributed by atoms with Crippen LogP contribution < -0.4 is 10.5 Å². The lowest BCUT2D eigenvalue weighted by Crippen LogP contribution is -2.22. The standard InChI is InChI=1S/C14H15N3O4/c1-19-9-13(18)21-17-12(15)8-20-11-6-2-4-10-5-3-7-16-14(10)11/h2-7H,8-9H2,1H3,(H2,15,17). The summed E-state index contributed by atoms with van der Waals surface area (Å²) < 4.78 is 10.1. The van der Waals surface area contributed by atoms with Gasteiger partial charge in [-0.25, -0.2) is 4.79 Å². The molecular weight excluding hydrogens is 274 g/mol. The first-order valence-electron chi connectivity index (χ1n) is 6.18. The highest BCUT2D eigenvalue weighted by molar-refractivity contribution is 5.86. The SMILES string of the molecule is COCC(=O)ON=C(N)COc1cccc2cccnc12. The molecule has 1 aromatic heterocycles. The van der Waals surface area contributed by atoms with E-state index >= 15 is 0 Å².